The van der Waals surface area contributed by atoms with E-state index in [2.05, 4.69) is 15.0 Å². The van der Waals surface area contributed by atoms with Gasteiger partial charge in [0.2, 0.25) is 11.8 Å². The van der Waals surface area contributed by atoms with Crippen LogP contribution >= 0.6 is 0 Å². The number of amides is 2. The molecule has 1 saturated heterocycles. The van der Waals surface area contributed by atoms with Crippen LogP contribution in [0.15, 0.2) is 24.3 Å². The van der Waals surface area contributed by atoms with Crippen LogP contribution in [0.4, 0.5) is 14.5 Å². The third-order valence-electron chi connectivity index (χ3n) is 4.68. The quantitative estimate of drug-likeness (QED) is 0.686. The number of alkyl halides is 2. The molecule has 0 aliphatic carbocycles. The van der Waals surface area contributed by atoms with E-state index in [-0.39, 0.29) is 29.8 Å². The molecule has 7 nitrogen and oxygen atoms in total. The SMILES string of the molecule is CCN(CC)C(=O)CN1CCN(CC(=O)Nc2ccccc2OC(F)F)CC1. The molecule has 1 heterocycles. The van der Waals surface area contributed by atoms with Crippen molar-refractivity contribution >= 4 is 17.5 Å². The zero-order valence-corrected chi connectivity index (χ0v) is 16.4. The number of carbonyl (C=O) groups is 2. The van der Waals surface area contributed by atoms with E-state index in [0.29, 0.717) is 45.8 Å². The number of piperazine rings is 1. The summed E-state index contributed by atoms with van der Waals surface area (Å²) in [6.07, 6.45) is 0. The molecule has 2 rings (SSSR count). The van der Waals surface area contributed by atoms with Crippen molar-refractivity contribution in [3.8, 4) is 5.75 Å². The van der Waals surface area contributed by atoms with Crippen LogP contribution in [-0.4, -0.2) is 85.5 Å². The predicted molar refractivity (Wildman–Crippen MR) is 103 cm³/mol. The molecule has 0 atom stereocenters. The molecule has 1 aromatic rings. The molecule has 0 radical (unpaired) electrons. The van der Waals surface area contributed by atoms with Gasteiger partial charge in [-0.1, -0.05) is 12.1 Å². The van der Waals surface area contributed by atoms with Crippen LogP contribution in [-0.2, 0) is 9.59 Å². The zero-order valence-electron chi connectivity index (χ0n) is 16.4. The van der Waals surface area contributed by atoms with Crippen LogP contribution in [0.1, 0.15) is 13.8 Å². The van der Waals surface area contributed by atoms with Gasteiger partial charge in [0, 0.05) is 39.3 Å². The molecule has 1 aliphatic heterocycles. The van der Waals surface area contributed by atoms with Gasteiger partial charge in [-0.25, -0.2) is 0 Å². The Kier molecular flexibility index (Phi) is 8.59. The van der Waals surface area contributed by atoms with Crippen LogP contribution in [0.25, 0.3) is 0 Å². The lowest BCUT2D eigenvalue weighted by Crippen LogP contribution is -2.51. The Bertz CT molecular complexity index is 648. The molecular formula is C19H28F2N4O3. The number of hydrogen-bond acceptors (Lipinski definition) is 5. The molecule has 1 fully saturated rings. The smallest absolute Gasteiger partial charge is 0.387 e. The van der Waals surface area contributed by atoms with Crippen LogP contribution < -0.4 is 10.1 Å². The van der Waals surface area contributed by atoms with Crippen molar-refractivity contribution < 1.29 is 23.1 Å². The average molecular weight is 398 g/mol. The fourth-order valence-electron chi connectivity index (χ4n) is 3.13. The van der Waals surface area contributed by atoms with Crippen molar-refractivity contribution in [1.82, 2.24) is 14.7 Å². The van der Waals surface area contributed by atoms with Crippen molar-refractivity contribution in [2.24, 2.45) is 0 Å². The third-order valence-corrected chi connectivity index (χ3v) is 4.68. The number of carbonyl (C=O) groups excluding carboxylic acids is 2. The molecule has 0 bridgehead atoms. The Labute approximate surface area is 164 Å². The molecule has 1 aliphatic rings. The van der Waals surface area contributed by atoms with Crippen molar-refractivity contribution in [1.29, 1.82) is 0 Å². The Morgan fingerprint density at radius 2 is 1.64 bits per heavy atom. The maximum absolute atomic E-state index is 12.5. The second-order valence-electron chi connectivity index (χ2n) is 6.54. The highest BCUT2D eigenvalue weighted by Gasteiger charge is 2.22. The van der Waals surface area contributed by atoms with Gasteiger partial charge in [-0.3, -0.25) is 19.4 Å². The van der Waals surface area contributed by atoms with Crippen LogP contribution in [0.5, 0.6) is 5.75 Å². The summed E-state index contributed by atoms with van der Waals surface area (Å²) in [5.74, 6) is -0.240. The number of halogens is 2. The van der Waals surface area contributed by atoms with Crippen molar-refractivity contribution in [3.63, 3.8) is 0 Å². The number of para-hydroxylation sites is 2. The highest BCUT2D eigenvalue weighted by molar-refractivity contribution is 5.93. The summed E-state index contributed by atoms with van der Waals surface area (Å²) >= 11 is 0. The van der Waals surface area contributed by atoms with Crippen molar-refractivity contribution in [2.75, 3.05) is 57.7 Å². The number of benzene rings is 1. The van der Waals surface area contributed by atoms with Gasteiger partial charge in [-0.05, 0) is 26.0 Å². The van der Waals surface area contributed by atoms with E-state index in [1.54, 1.807) is 17.0 Å². The van der Waals surface area contributed by atoms with Gasteiger partial charge in [-0.2, -0.15) is 8.78 Å². The van der Waals surface area contributed by atoms with Gasteiger partial charge in [0.1, 0.15) is 5.75 Å². The van der Waals surface area contributed by atoms with Crippen LogP contribution in [0.3, 0.4) is 0 Å². The number of nitrogens with zero attached hydrogens (tertiary/aromatic N) is 3. The first kappa shape index (κ1) is 22.0. The fourth-order valence-corrected chi connectivity index (χ4v) is 3.13. The van der Waals surface area contributed by atoms with Crippen LogP contribution in [0.2, 0.25) is 0 Å². The molecule has 0 unspecified atom stereocenters. The molecule has 1 N–H and O–H groups in total. The van der Waals surface area contributed by atoms with Gasteiger partial charge in [-0.15, -0.1) is 0 Å². The second-order valence-corrected chi connectivity index (χ2v) is 6.54. The minimum atomic E-state index is -2.95. The van der Waals surface area contributed by atoms with E-state index in [1.807, 2.05) is 18.7 Å². The second kappa shape index (κ2) is 10.9. The Balaban J connectivity index is 1.79. The molecule has 2 amide bonds. The highest BCUT2D eigenvalue weighted by atomic mass is 19.3. The molecule has 1 aromatic carbocycles. The normalized spacial score (nSPS) is 15.5. The Hall–Kier alpha value is -2.26. The first-order valence-electron chi connectivity index (χ1n) is 9.49. The summed E-state index contributed by atoms with van der Waals surface area (Å²) in [5, 5.41) is 2.62. The molecule has 156 valence electrons. The molecule has 28 heavy (non-hydrogen) atoms. The van der Waals surface area contributed by atoms with Crippen molar-refractivity contribution in [2.45, 2.75) is 20.5 Å². The van der Waals surface area contributed by atoms with Gasteiger partial charge in [0.25, 0.3) is 0 Å². The maximum atomic E-state index is 12.5. The third kappa shape index (κ3) is 6.72. The molecule has 0 saturated carbocycles. The lowest BCUT2D eigenvalue weighted by molar-refractivity contribution is -0.132. The fraction of sp³-hybridized carbons (Fsp3) is 0.579. The summed E-state index contributed by atoms with van der Waals surface area (Å²) in [4.78, 5) is 30.3. The van der Waals surface area contributed by atoms with Gasteiger partial charge >= 0.3 is 6.61 Å². The summed E-state index contributed by atoms with van der Waals surface area (Å²) < 4.78 is 29.3. The summed E-state index contributed by atoms with van der Waals surface area (Å²) in [6, 6.07) is 6.10. The number of anilines is 1. The van der Waals surface area contributed by atoms with E-state index >= 15 is 0 Å². The predicted octanol–water partition coefficient (Wildman–Crippen LogP) is 1.71. The largest absolute Gasteiger partial charge is 0.433 e. The summed E-state index contributed by atoms with van der Waals surface area (Å²) in [5.41, 5.74) is 0.219. The van der Waals surface area contributed by atoms with Gasteiger partial charge < -0.3 is 15.0 Å². The van der Waals surface area contributed by atoms with Crippen LogP contribution in [0, 0.1) is 0 Å². The monoisotopic (exact) mass is 398 g/mol. The standard InChI is InChI=1S/C19H28F2N4O3/c1-3-25(4-2)18(27)14-24-11-9-23(10-12-24)13-17(26)22-15-7-5-6-8-16(15)28-19(20)21/h5-8,19H,3-4,9-14H2,1-2H3,(H,22,26). The molecule has 9 heteroatoms. The first-order chi connectivity index (χ1) is 13.4. The Morgan fingerprint density at radius 3 is 2.21 bits per heavy atom. The minimum absolute atomic E-state index is 0.0643. The Morgan fingerprint density at radius 1 is 1.07 bits per heavy atom. The zero-order chi connectivity index (χ0) is 20.5. The van der Waals surface area contributed by atoms with E-state index < -0.39 is 6.61 Å². The number of rotatable bonds is 9. The lowest BCUT2D eigenvalue weighted by Gasteiger charge is -2.34. The number of ether oxygens (including phenoxy) is 1. The summed E-state index contributed by atoms with van der Waals surface area (Å²) in [6.45, 7) is 5.63. The molecule has 0 spiro atoms. The summed E-state index contributed by atoms with van der Waals surface area (Å²) in [7, 11) is 0. The number of likely N-dealkylation sites (N-methyl/N-ethyl adjacent to an activating group) is 1. The lowest BCUT2D eigenvalue weighted by atomic mass is 10.2. The number of hydrogen-bond donors (Lipinski definition) is 1. The van der Waals surface area contributed by atoms with Crippen molar-refractivity contribution in [3.05, 3.63) is 24.3 Å². The maximum Gasteiger partial charge on any atom is 0.387 e. The highest BCUT2D eigenvalue weighted by Crippen LogP contribution is 2.25. The minimum Gasteiger partial charge on any atom is -0.433 e. The van der Waals surface area contributed by atoms with E-state index in [1.165, 1.54) is 12.1 Å². The molecular weight excluding hydrogens is 370 g/mol. The molecule has 0 aromatic heterocycles. The van der Waals surface area contributed by atoms with Gasteiger partial charge in [0.05, 0.1) is 18.8 Å². The topological polar surface area (TPSA) is 65.1 Å². The van der Waals surface area contributed by atoms with E-state index in [4.69, 9.17) is 0 Å². The van der Waals surface area contributed by atoms with E-state index in [9.17, 15) is 18.4 Å². The van der Waals surface area contributed by atoms with E-state index in [0.717, 1.165) is 0 Å². The first-order valence-corrected chi connectivity index (χ1v) is 9.49. The average Bonchev–Trinajstić information content (AvgIpc) is 2.65. The van der Waals surface area contributed by atoms with Gasteiger partial charge in [0.15, 0.2) is 0 Å². The number of nitrogens with one attached hydrogen (secondary N) is 1.